The van der Waals surface area contributed by atoms with Crippen molar-refractivity contribution < 1.29 is 0 Å². The fourth-order valence-electron chi connectivity index (χ4n) is 3.73. The lowest BCUT2D eigenvalue weighted by molar-refractivity contribution is 0.541. The van der Waals surface area contributed by atoms with Gasteiger partial charge in [-0.15, -0.1) is 23.2 Å². The molecular formula is C17H14Cl2. The molecule has 0 aromatic heterocycles. The Balaban J connectivity index is 2.05. The Morgan fingerprint density at radius 1 is 0.737 bits per heavy atom. The van der Waals surface area contributed by atoms with E-state index in [2.05, 4.69) is 48.5 Å². The Hall–Kier alpha value is -0.980. The van der Waals surface area contributed by atoms with Crippen molar-refractivity contribution in [1.29, 1.82) is 0 Å². The molecule has 0 nitrogen and oxygen atoms in total. The molecule has 0 unspecified atom stereocenters. The second-order valence-electron chi connectivity index (χ2n) is 5.50. The van der Waals surface area contributed by atoms with Crippen molar-refractivity contribution in [2.24, 2.45) is 0 Å². The predicted octanol–water partition coefficient (Wildman–Crippen LogP) is 5.21. The van der Waals surface area contributed by atoms with Crippen molar-refractivity contribution >= 4 is 23.2 Å². The summed E-state index contributed by atoms with van der Waals surface area (Å²) in [6.45, 7) is 0. The van der Waals surface area contributed by atoms with E-state index in [4.69, 9.17) is 23.2 Å². The Kier molecular flexibility index (Phi) is 2.65. The van der Waals surface area contributed by atoms with Crippen molar-refractivity contribution in [2.45, 2.75) is 29.0 Å². The molecule has 3 aliphatic carbocycles. The molecule has 5 rings (SSSR count). The molecule has 3 aliphatic rings. The molecule has 19 heavy (non-hydrogen) atoms. The first-order chi connectivity index (χ1) is 9.27. The van der Waals surface area contributed by atoms with Crippen LogP contribution >= 0.6 is 23.2 Å². The quantitative estimate of drug-likeness (QED) is 0.584. The third-order valence-electron chi connectivity index (χ3n) is 4.55. The van der Waals surface area contributed by atoms with Gasteiger partial charge >= 0.3 is 0 Å². The Morgan fingerprint density at radius 3 is 1.95 bits per heavy atom. The van der Waals surface area contributed by atoms with Crippen LogP contribution in [0.1, 0.15) is 45.9 Å². The zero-order chi connectivity index (χ0) is 13.0. The van der Waals surface area contributed by atoms with Gasteiger partial charge in [0.2, 0.25) is 0 Å². The van der Waals surface area contributed by atoms with Gasteiger partial charge in [0.1, 0.15) is 0 Å². The van der Waals surface area contributed by atoms with Gasteiger partial charge in [-0.2, -0.15) is 0 Å². The van der Waals surface area contributed by atoms with E-state index in [0.717, 1.165) is 6.42 Å². The van der Waals surface area contributed by atoms with E-state index in [0.29, 0.717) is 5.92 Å². The molecule has 4 atom stereocenters. The van der Waals surface area contributed by atoms with E-state index >= 15 is 0 Å². The molecular weight excluding hydrogens is 275 g/mol. The molecule has 2 aromatic carbocycles. The average molecular weight is 289 g/mol. The molecule has 2 aromatic rings. The summed E-state index contributed by atoms with van der Waals surface area (Å²) in [4.78, 5) is 0. The molecule has 0 N–H and O–H groups in total. The van der Waals surface area contributed by atoms with Gasteiger partial charge < -0.3 is 0 Å². The van der Waals surface area contributed by atoms with Crippen LogP contribution in [-0.2, 0) is 0 Å². The Morgan fingerprint density at radius 2 is 1.26 bits per heavy atom. The lowest BCUT2D eigenvalue weighted by Gasteiger charge is -2.32. The highest BCUT2D eigenvalue weighted by atomic mass is 35.5. The van der Waals surface area contributed by atoms with E-state index in [-0.39, 0.29) is 16.7 Å². The van der Waals surface area contributed by atoms with Crippen LogP contribution in [-0.4, -0.2) is 5.38 Å². The van der Waals surface area contributed by atoms with Crippen LogP contribution in [0.3, 0.4) is 0 Å². The van der Waals surface area contributed by atoms with Crippen molar-refractivity contribution in [3.63, 3.8) is 0 Å². The number of hydrogen-bond acceptors (Lipinski definition) is 0. The minimum Gasteiger partial charge on any atom is -0.122 e. The maximum absolute atomic E-state index is 6.78. The van der Waals surface area contributed by atoms with E-state index < -0.39 is 0 Å². The third-order valence-corrected chi connectivity index (χ3v) is 5.52. The van der Waals surface area contributed by atoms with Crippen LogP contribution in [0, 0.1) is 0 Å². The molecule has 0 spiro atoms. The molecule has 96 valence electrons. The number of benzene rings is 2. The van der Waals surface area contributed by atoms with Crippen LogP contribution in [0.4, 0.5) is 0 Å². The van der Waals surface area contributed by atoms with Crippen molar-refractivity contribution in [3.05, 3.63) is 70.8 Å². The number of fused-ring (bicyclic) bond motifs is 1. The Bertz CT molecular complexity index is 629. The highest BCUT2D eigenvalue weighted by Crippen LogP contribution is 2.56. The summed E-state index contributed by atoms with van der Waals surface area (Å²) >= 11 is 13.5. The normalized spacial score (nSPS) is 31.5. The van der Waals surface area contributed by atoms with Gasteiger partial charge in [-0.25, -0.2) is 0 Å². The summed E-state index contributed by atoms with van der Waals surface area (Å²) in [5.41, 5.74) is 5.34. The lowest BCUT2D eigenvalue weighted by atomic mass is 9.76. The van der Waals surface area contributed by atoms with Gasteiger partial charge in [-0.05, 0) is 28.7 Å². The molecule has 0 amide bonds. The molecule has 0 heterocycles. The van der Waals surface area contributed by atoms with Crippen LogP contribution in [0.2, 0.25) is 0 Å². The SMILES string of the molecule is Cl[C@@H]1c2ccccc2[C@@H]2c3ccccc3[C@@H]1C[C@@H]2Cl. The third kappa shape index (κ3) is 1.60. The first-order valence-electron chi connectivity index (χ1n) is 6.73. The molecule has 0 saturated heterocycles. The van der Waals surface area contributed by atoms with Gasteiger partial charge in [0.25, 0.3) is 0 Å². The van der Waals surface area contributed by atoms with Crippen molar-refractivity contribution in [1.82, 2.24) is 0 Å². The highest BCUT2D eigenvalue weighted by molar-refractivity contribution is 6.23. The topological polar surface area (TPSA) is 0 Å². The predicted molar refractivity (Wildman–Crippen MR) is 80.3 cm³/mol. The van der Waals surface area contributed by atoms with Crippen molar-refractivity contribution in [3.8, 4) is 0 Å². The summed E-state index contributed by atoms with van der Waals surface area (Å²) in [6.07, 6.45) is 0.964. The second-order valence-corrected chi connectivity index (χ2v) is 6.53. The first kappa shape index (κ1) is 11.8. The minimum atomic E-state index is 0.0334. The highest BCUT2D eigenvalue weighted by Gasteiger charge is 2.43. The fraction of sp³-hybridized carbons (Fsp3) is 0.294. The molecule has 0 radical (unpaired) electrons. The summed E-state index contributed by atoms with van der Waals surface area (Å²) in [7, 11) is 0. The van der Waals surface area contributed by atoms with E-state index in [9.17, 15) is 0 Å². The summed E-state index contributed by atoms with van der Waals surface area (Å²) in [6, 6.07) is 17.2. The van der Waals surface area contributed by atoms with Gasteiger partial charge in [0, 0.05) is 17.2 Å². The molecule has 2 bridgehead atoms. The van der Waals surface area contributed by atoms with Crippen LogP contribution < -0.4 is 0 Å². The van der Waals surface area contributed by atoms with Crippen LogP contribution in [0.25, 0.3) is 0 Å². The lowest BCUT2D eigenvalue weighted by Crippen LogP contribution is -2.23. The zero-order valence-corrected chi connectivity index (χ0v) is 11.9. The Labute approximate surface area is 123 Å². The fourth-order valence-corrected chi connectivity index (χ4v) is 4.63. The summed E-state index contributed by atoms with van der Waals surface area (Å²) in [5, 5.41) is 0.177. The second kappa shape index (κ2) is 4.26. The monoisotopic (exact) mass is 288 g/mol. The first-order valence-corrected chi connectivity index (χ1v) is 7.60. The van der Waals surface area contributed by atoms with Crippen LogP contribution in [0.5, 0.6) is 0 Å². The average Bonchev–Trinajstić information content (AvgIpc) is 2.62. The van der Waals surface area contributed by atoms with E-state index in [1.165, 1.54) is 22.3 Å². The largest absolute Gasteiger partial charge is 0.122 e. The molecule has 2 heteroatoms. The summed E-state index contributed by atoms with van der Waals surface area (Å²) in [5.74, 6) is 0.620. The van der Waals surface area contributed by atoms with Crippen LogP contribution in [0.15, 0.2) is 48.5 Å². The zero-order valence-electron chi connectivity index (χ0n) is 10.4. The van der Waals surface area contributed by atoms with Gasteiger partial charge in [-0.3, -0.25) is 0 Å². The minimum absolute atomic E-state index is 0.0334. The maximum atomic E-state index is 6.78. The number of rotatable bonds is 0. The number of alkyl halides is 2. The smallest absolute Gasteiger partial charge is 0.0657 e. The number of halogens is 2. The van der Waals surface area contributed by atoms with E-state index in [1.807, 2.05) is 0 Å². The number of hydrogen-bond donors (Lipinski definition) is 0. The van der Waals surface area contributed by atoms with Gasteiger partial charge in [0.05, 0.1) is 5.38 Å². The molecule has 0 fully saturated rings. The maximum Gasteiger partial charge on any atom is 0.0657 e. The summed E-state index contributed by atoms with van der Waals surface area (Å²) < 4.78 is 0. The van der Waals surface area contributed by atoms with E-state index in [1.54, 1.807) is 0 Å². The molecule has 0 saturated carbocycles. The standard InChI is InChI=1S/C17H14Cl2/c18-15-9-14-10-5-1-2-6-11(10)16(15)12-7-3-4-8-13(12)17(14)19/h1-8,14-17H,9H2/t14-,15-,16-,17+/m0/s1. The van der Waals surface area contributed by atoms with Crippen molar-refractivity contribution in [2.75, 3.05) is 0 Å². The van der Waals surface area contributed by atoms with Gasteiger partial charge in [-0.1, -0.05) is 48.5 Å². The molecule has 0 aliphatic heterocycles. The van der Waals surface area contributed by atoms with Gasteiger partial charge in [0.15, 0.2) is 0 Å².